The first-order valence-corrected chi connectivity index (χ1v) is 17.9. The summed E-state index contributed by atoms with van der Waals surface area (Å²) in [4.78, 5) is 9.00. The van der Waals surface area contributed by atoms with Gasteiger partial charge in [0.25, 0.3) is 0 Å². The van der Waals surface area contributed by atoms with Crippen LogP contribution in [0.25, 0.3) is 66.7 Å². The average molecular weight is 852 g/mol. The van der Waals surface area contributed by atoms with Crippen molar-refractivity contribution in [2.75, 3.05) is 5.32 Å². The largest absolute Gasteiger partial charge is 0.455 e. The number of aromatic nitrogens is 2. The molecule has 2 bridgehead atoms. The molecule has 52 heavy (non-hydrogen) atoms. The quantitative estimate of drug-likeness (QED) is 0.179. The number of rotatable bonds is 4. The van der Waals surface area contributed by atoms with Gasteiger partial charge in [0.1, 0.15) is 11.2 Å². The summed E-state index contributed by atoms with van der Waals surface area (Å²) in [6.07, 6.45) is 10.3. The van der Waals surface area contributed by atoms with Crippen molar-refractivity contribution >= 4 is 33.3 Å². The van der Waals surface area contributed by atoms with E-state index in [4.69, 9.17) is 9.40 Å². The Morgan fingerprint density at radius 2 is 1.50 bits per heavy atom. The summed E-state index contributed by atoms with van der Waals surface area (Å²) in [6.45, 7) is 2.22. The maximum atomic E-state index is 6.50. The summed E-state index contributed by atoms with van der Waals surface area (Å²) in [5.74, 6) is 0.807. The summed E-state index contributed by atoms with van der Waals surface area (Å²) < 4.78 is 6.50. The molecule has 1 N–H and O–H groups in total. The van der Waals surface area contributed by atoms with E-state index < -0.39 is 0 Å². The van der Waals surface area contributed by atoms with E-state index in [1.54, 1.807) is 6.20 Å². The molecule has 1 fully saturated rings. The molecule has 0 unspecified atom stereocenters. The van der Waals surface area contributed by atoms with Crippen molar-refractivity contribution in [2.45, 2.75) is 39.0 Å². The van der Waals surface area contributed by atoms with Crippen molar-refractivity contribution in [3.8, 4) is 44.8 Å². The number of nitrogens with zero attached hydrogens (tertiary/aromatic N) is 2. The number of benzene rings is 5. The van der Waals surface area contributed by atoms with Crippen LogP contribution in [0.5, 0.6) is 0 Å². The van der Waals surface area contributed by atoms with Crippen LogP contribution in [0.4, 0.5) is 11.4 Å². The molecule has 1 radical (unpaired) electrons. The predicted molar refractivity (Wildman–Crippen MR) is 209 cm³/mol. The van der Waals surface area contributed by atoms with Crippen LogP contribution in [0.15, 0.2) is 138 Å². The van der Waals surface area contributed by atoms with Gasteiger partial charge in [-0.2, -0.15) is 0 Å². The number of hydrogen-bond donors (Lipinski definition) is 1. The van der Waals surface area contributed by atoms with Gasteiger partial charge in [-0.25, -0.2) is 0 Å². The summed E-state index contributed by atoms with van der Waals surface area (Å²) in [5, 5.41) is 6.02. The Labute approximate surface area is 318 Å². The second-order valence-electron chi connectivity index (χ2n) is 13.6. The summed E-state index contributed by atoms with van der Waals surface area (Å²) in [5.41, 5.74) is 15.3. The Balaban J connectivity index is 0.000000253. The van der Waals surface area contributed by atoms with Gasteiger partial charge >= 0.3 is 0 Å². The Bertz CT molecular complexity index is 2460. The van der Waals surface area contributed by atoms with Crippen LogP contribution in [-0.2, 0) is 26.5 Å². The molecule has 0 spiro atoms. The van der Waals surface area contributed by atoms with Crippen molar-refractivity contribution in [3.05, 3.63) is 157 Å². The van der Waals surface area contributed by atoms with Crippen LogP contribution in [0.3, 0.4) is 0 Å². The molecule has 5 aromatic carbocycles. The predicted octanol–water partition coefficient (Wildman–Crippen LogP) is 12.4. The molecule has 1 aliphatic heterocycles. The molecule has 4 heterocycles. The van der Waals surface area contributed by atoms with Crippen molar-refractivity contribution in [3.63, 3.8) is 0 Å². The van der Waals surface area contributed by atoms with Gasteiger partial charge in [-0.1, -0.05) is 91.4 Å². The molecule has 3 aromatic heterocycles. The van der Waals surface area contributed by atoms with Crippen LogP contribution in [-0.4, -0.2) is 9.97 Å². The van der Waals surface area contributed by atoms with Gasteiger partial charge in [-0.3, -0.25) is 0 Å². The molecular formula is C47H37IrN3O-2. The zero-order chi connectivity index (χ0) is 34.1. The molecule has 4 nitrogen and oxygen atoms in total. The minimum Gasteiger partial charge on any atom is -0.455 e. The van der Waals surface area contributed by atoms with Crippen LogP contribution in [0.2, 0.25) is 0 Å². The molecule has 1 saturated carbocycles. The number of anilines is 2. The van der Waals surface area contributed by atoms with Crippen LogP contribution in [0, 0.1) is 25.0 Å². The van der Waals surface area contributed by atoms with Crippen molar-refractivity contribution in [2.24, 2.45) is 5.92 Å². The van der Waals surface area contributed by atoms with Crippen molar-refractivity contribution < 1.29 is 24.5 Å². The SMILES string of the molecule is Cc1c2cc3c(oc4ccccc43)c1-c1ccccc1Nc1c[c-]c(-c3cc(CC4CCCC4)ccn3)cc1-2.[Ir].[c-]1ccccc1-c1ccccn1. The molecular weight excluding hydrogens is 815 g/mol. The number of para-hydroxylation sites is 2. The Morgan fingerprint density at radius 3 is 2.35 bits per heavy atom. The fourth-order valence-electron chi connectivity index (χ4n) is 7.85. The van der Waals surface area contributed by atoms with Gasteiger partial charge in [-0.15, -0.1) is 59.7 Å². The van der Waals surface area contributed by atoms with E-state index in [-0.39, 0.29) is 20.1 Å². The molecule has 10 rings (SSSR count). The normalized spacial score (nSPS) is 13.2. The Morgan fingerprint density at radius 1 is 0.692 bits per heavy atom. The molecule has 0 amide bonds. The molecule has 1 aliphatic carbocycles. The van der Waals surface area contributed by atoms with Gasteiger partial charge in [0.05, 0.1) is 0 Å². The minimum atomic E-state index is 0. The van der Waals surface area contributed by atoms with Crippen LogP contribution in [0.1, 0.15) is 36.8 Å². The summed E-state index contributed by atoms with van der Waals surface area (Å²) >= 11 is 0. The topological polar surface area (TPSA) is 51.0 Å². The van der Waals surface area contributed by atoms with Crippen LogP contribution < -0.4 is 5.32 Å². The van der Waals surface area contributed by atoms with E-state index in [9.17, 15) is 0 Å². The maximum Gasteiger partial charge on any atom is 0.143 e. The van der Waals surface area contributed by atoms with E-state index in [0.29, 0.717) is 0 Å². The van der Waals surface area contributed by atoms with E-state index in [1.165, 1.54) is 42.4 Å². The maximum absolute atomic E-state index is 6.50. The second kappa shape index (κ2) is 14.7. The number of fused-ring (bicyclic) bond motifs is 10. The summed E-state index contributed by atoms with van der Waals surface area (Å²) in [7, 11) is 0. The first kappa shape index (κ1) is 33.8. The van der Waals surface area contributed by atoms with Crippen molar-refractivity contribution in [1.82, 2.24) is 9.97 Å². The third-order valence-corrected chi connectivity index (χ3v) is 10.4. The van der Waals surface area contributed by atoms with E-state index in [0.717, 1.165) is 84.9 Å². The van der Waals surface area contributed by atoms with E-state index >= 15 is 0 Å². The first-order chi connectivity index (χ1) is 25.2. The summed E-state index contributed by atoms with van der Waals surface area (Å²) in [6, 6.07) is 48.3. The monoisotopic (exact) mass is 852 g/mol. The number of nitrogens with one attached hydrogen (secondary N) is 1. The van der Waals surface area contributed by atoms with Gasteiger partial charge in [0.2, 0.25) is 0 Å². The van der Waals surface area contributed by atoms with E-state index in [2.05, 4.69) is 102 Å². The number of pyridine rings is 2. The minimum absolute atomic E-state index is 0. The molecule has 8 aromatic rings. The average Bonchev–Trinajstić information content (AvgIpc) is 3.84. The van der Waals surface area contributed by atoms with Gasteiger partial charge in [0, 0.05) is 60.1 Å². The first-order valence-electron chi connectivity index (χ1n) is 17.9. The van der Waals surface area contributed by atoms with Crippen molar-refractivity contribution in [1.29, 1.82) is 0 Å². The third-order valence-electron chi connectivity index (χ3n) is 10.4. The fraction of sp³-hybridized carbons (Fsp3) is 0.149. The van der Waals surface area contributed by atoms with Gasteiger partial charge in [-0.05, 0) is 77.8 Å². The van der Waals surface area contributed by atoms with Gasteiger partial charge in [0.15, 0.2) is 0 Å². The number of hydrogen-bond acceptors (Lipinski definition) is 4. The molecule has 257 valence electrons. The van der Waals surface area contributed by atoms with E-state index in [1.807, 2.05) is 54.7 Å². The zero-order valence-electron chi connectivity index (χ0n) is 29.0. The zero-order valence-corrected chi connectivity index (χ0v) is 31.3. The Kier molecular flexibility index (Phi) is 9.56. The molecule has 2 aliphatic rings. The van der Waals surface area contributed by atoms with Gasteiger partial charge < -0.3 is 19.7 Å². The second-order valence-corrected chi connectivity index (χ2v) is 13.6. The number of furan rings is 1. The van der Waals surface area contributed by atoms with Crippen LogP contribution >= 0.6 is 0 Å². The fourth-order valence-corrected chi connectivity index (χ4v) is 7.85. The molecule has 0 saturated heterocycles. The standard InChI is InChI=1S/C36H29N2O.C11H8N.Ir/c1-22-28-21-30-26-10-5-7-13-34(26)39-36(30)35(22)27-11-4-6-12-31(27)38-32-15-14-25(20-29(28)32)33-19-24(16-17-37-33)18-23-8-2-3-9-23;1-2-6-10(7-3-1)11-8-4-5-9-12-11;/h4-7,10-13,15-17,19-21,23,38H,2-3,8-9,18H2,1H3;1-6,8-9H;/q2*-1;. The Hall–Kier alpha value is -5.35. The molecule has 0 atom stereocenters. The smallest absolute Gasteiger partial charge is 0.143 e. The molecule has 5 heteroatoms. The third kappa shape index (κ3) is 6.47.